The number of rotatable bonds is 4. The van der Waals surface area contributed by atoms with E-state index >= 15 is 0 Å². The Bertz CT molecular complexity index is 1030. The molecular weight excluding hydrogens is 456 g/mol. The van der Waals surface area contributed by atoms with E-state index in [1.165, 1.54) is 12.7 Å². The summed E-state index contributed by atoms with van der Waals surface area (Å²) >= 11 is 0. The van der Waals surface area contributed by atoms with Crippen LogP contribution in [0.25, 0.3) is 0 Å². The molecule has 1 N–H and O–H groups in total. The lowest BCUT2D eigenvalue weighted by molar-refractivity contribution is -0.152. The van der Waals surface area contributed by atoms with Crippen molar-refractivity contribution < 1.29 is 24.3 Å². The fourth-order valence-electron chi connectivity index (χ4n) is 8.60. The summed E-state index contributed by atoms with van der Waals surface area (Å²) in [6.45, 7) is 5.03. The van der Waals surface area contributed by atoms with Gasteiger partial charge in [-0.25, -0.2) is 4.79 Å². The van der Waals surface area contributed by atoms with E-state index in [9.17, 15) is 14.7 Å². The predicted molar refractivity (Wildman–Crippen MR) is 136 cm³/mol. The third-order valence-electron chi connectivity index (χ3n) is 10.8. The van der Waals surface area contributed by atoms with Crippen molar-refractivity contribution in [1.82, 2.24) is 4.90 Å². The normalized spacial score (nSPS) is 42.6. The van der Waals surface area contributed by atoms with E-state index in [0.717, 1.165) is 63.5 Å². The summed E-state index contributed by atoms with van der Waals surface area (Å²) in [6, 6.07) is -0.514. The zero-order valence-corrected chi connectivity index (χ0v) is 21.9. The molecule has 0 bridgehead atoms. The fraction of sp³-hybridized carbons (Fsp3) is 0.759. The number of allylic oxidation sites excluding steroid dienone is 2. The van der Waals surface area contributed by atoms with Crippen LogP contribution < -0.4 is 0 Å². The highest BCUT2D eigenvalue weighted by molar-refractivity contribution is 5.96. The molecule has 3 saturated carbocycles. The van der Waals surface area contributed by atoms with Crippen LogP contribution in [0, 0.1) is 40.9 Å². The molecule has 4 aliphatic carbocycles. The first-order chi connectivity index (χ1) is 17.2. The third-order valence-corrected chi connectivity index (χ3v) is 10.8. The van der Waals surface area contributed by atoms with Crippen molar-refractivity contribution in [3.8, 4) is 12.3 Å². The molecule has 36 heavy (non-hydrogen) atoms. The molecule has 0 aromatic carbocycles. The number of fused-ring (bicyclic) bond motifs is 5. The Kier molecular flexibility index (Phi) is 6.47. The van der Waals surface area contributed by atoms with Gasteiger partial charge in [0.15, 0.2) is 6.61 Å². The molecule has 0 aromatic rings. The number of terminal acetylenes is 1. The van der Waals surface area contributed by atoms with Crippen molar-refractivity contribution in [1.29, 1.82) is 0 Å². The Morgan fingerprint density at radius 1 is 1.17 bits per heavy atom. The van der Waals surface area contributed by atoms with Crippen LogP contribution in [0.1, 0.15) is 78.1 Å². The van der Waals surface area contributed by atoms with Gasteiger partial charge in [0.2, 0.25) is 0 Å². The van der Waals surface area contributed by atoms with Gasteiger partial charge in [-0.15, -0.1) is 6.42 Å². The van der Waals surface area contributed by atoms with E-state index in [1.807, 2.05) is 0 Å². The number of aliphatic hydroxyl groups is 1. The molecule has 1 saturated heterocycles. The van der Waals surface area contributed by atoms with Gasteiger partial charge < -0.3 is 19.6 Å². The smallest absolute Gasteiger partial charge is 0.328 e. The van der Waals surface area contributed by atoms with Crippen LogP contribution in [-0.2, 0) is 19.2 Å². The van der Waals surface area contributed by atoms with E-state index in [1.54, 1.807) is 4.90 Å². The fourth-order valence-corrected chi connectivity index (χ4v) is 8.60. The summed E-state index contributed by atoms with van der Waals surface area (Å²) < 4.78 is 4.83. The molecule has 196 valence electrons. The number of carbonyl (C=O) groups is 2. The Balaban J connectivity index is 1.24. The number of ether oxygens (including phenoxy) is 1. The monoisotopic (exact) mass is 496 g/mol. The predicted octanol–water partition coefficient (Wildman–Crippen LogP) is 3.85. The number of likely N-dealkylation sites (tertiary alicyclic amines) is 1. The number of nitrogens with zero attached hydrogens (tertiary/aromatic N) is 2. The van der Waals surface area contributed by atoms with Crippen molar-refractivity contribution in [3.05, 3.63) is 11.6 Å². The molecule has 7 nitrogen and oxygen atoms in total. The highest BCUT2D eigenvalue weighted by Gasteiger charge is 2.63. The molecule has 0 spiro atoms. The zero-order chi connectivity index (χ0) is 25.7. The summed E-state index contributed by atoms with van der Waals surface area (Å²) in [5.41, 5.74) is 1.33. The lowest BCUT2D eigenvalue weighted by atomic mass is 9.46. The summed E-state index contributed by atoms with van der Waals surface area (Å²) in [7, 11) is 1.35. The lowest BCUT2D eigenvalue weighted by Crippen LogP contribution is -2.54. The number of hydrogen-bond acceptors (Lipinski definition) is 6. The molecule has 1 heterocycles. The van der Waals surface area contributed by atoms with Crippen LogP contribution in [-0.4, -0.2) is 59.5 Å². The van der Waals surface area contributed by atoms with Gasteiger partial charge in [-0.1, -0.05) is 30.5 Å². The molecule has 5 rings (SSSR count). The summed E-state index contributed by atoms with van der Waals surface area (Å²) in [5.74, 6) is 3.86. The number of oxime groups is 1. The Morgan fingerprint density at radius 2 is 1.94 bits per heavy atom. The maximum absolute atomic E-state index is 12.6. The first-order valence-electron chi connectivity index (χ1n) is 13.6. The average molecular weight is 497 g/mol. The molecule has 0 unspecified atom stereocenters. The number of methoxy groups -OCH3 is 1. The molecule has 5 aliphatic rings. The third kappa shape index (κ3) is 3.79. The molecule has 7 heteroatoms. The minimum Gasteiger partial charge on any atom is -0.467 e. The van der Waals surface area contributed by atoms with Crippen molar-refractivity contribution >= 4 is 17.6 Å². The first-order valence-corrected chi connectivity index (χ1v) is 13.6. The van der Waals surface area contributed by atoms with Gasteiger partial charge in [0.25, 0.3) is 5.91 Å². The standard InChI is InChI=1S/C29H40N2O5/c1-5-29(34)15-12-23-21-9-8-19-17-20(10-13-27(19,2)22(21)11-14-28(23,29)3)30-36-18-25(32)31-16-6-7-24(31)26(33)35-4/h1,17,21-24,34H,6-16,18H2,2-4H3/b30-20+/t21-,22+,23-,24-,27+,28+,29-/m1/s1. The van der Waals surface area contributed by atoms with E-state index < -0.39 is 11.6 Å². The van der Waals surface area contributed by atoms with Gasteiger partial charge >= 0.3 is 5.97 Å². The largest absolute Gasteiger partial charge is 0.467 e. The van der Waals surface area contributed by atoms with E-state index in [-0.39, 0.29) is 29.3 Å². The van der Waals surface area contributed by atoms with E-state index in [2.05, 4.69) is 31.0 Å². The van der Waals surface area contributed by atoms with Crippen LogP contribution in [0.3, 0.4) is 0 Å². The van der Waals surface area contributed by atoms with Crippen molar-refractivity contribution in [2.75, 3.05) is 20.3 Å². The molecule has 4 fully saturated rings. The minimum atomic E-state index is -0.966. The molecular formula is C29H40N2O5. The van der Waals surface area contributed by atoms with Crippen molar-refractivity contribution in [2.45, 2.75) is 89.7 Å². The minimum absolute atomic E-state index is 0.138. The van der Waals surface area contributed by atoms with Gasteiger partial charge in [-0.05, 0) is 93.5 Å². The van der Waals surface area contributed by atoms with Crippen molar-refractivity contribution in [3.63, 3.8) is 0 Å². The zero-order valence-electron chi connectivity index (χ0n) is 21.9. The number of carbonyl (C=O) groups excluding carboxylic acids is 2. The van der Waals surface area contributed by atoms with Gasteiger partial charge in [0.1, 0.15) is 11.6 Å². The van der Waals surface area contributed by atoms with Crippen LogP contribution >= 0.6 is 0 Å². The summed E-state index contributed by atoms with van der Waals surface area (Å²) in [6.07, 6.45) is 17.3. The van der Waals surface area contributed by atoms with Crippen LogP contribution in [0.2, 0.25) is 0 Å². The SMILES string of the molecule is C#C[C@@]1(O)CC[C@@H]2[C@@H]3CCC4=C/C(=N/OCC(=O)N5CCC[C@@H]5C(=O)OC)CC[C@]4(C)[C@H]3CC[C@@]21C. The summed E-state index contributed by atoms with van der Waals surface area (Å²) in [4.78, 5) is 31.6. The van der Waals surface area contributed by atoms with E-state index in [4.69, 9.17) is 16.0 Å². The number of esters is 1. The van der Waals surface area contributed by atoms with Gasteiger partial charge in [-0.3, -0.25) is 4.79 Å². The summed E-state index contributed by atoms with van der Waals surface area (Å²) in [5, 5.41) is 15.5. The second kappa shape index (κ2) is 9.20. The maximum atomic E-state index is 12.6. The highest BCUT2D eigenvalue weighted by atomic mass is 16.6. The second-order valence-corrected chi connectivity index (χ2v) is 12.1. The van der Waals surface area contributed by atoms with Crippen LogP contribution in [0.15, 0.2) is 16.8 Å². The second-order valence-electron chi connectivity index (χ2n) is 12.1. The highest BCUT2D eigenvalue weighted by Crippen LogP contribution is 2.67. The Labute approximate surface area is 214 Å². The maximum Gasteiger partial charge on any atom is 0.328 e. The Hall–Kier alpha value is -2.33. The van der Waals surface area contributed by atoms with E-state index in [0.29, 0.717) is 30.7 Å². The van der Waals surface area contributed by atoms with Crippen LogP contribution in [0.4, 0.5) is 0 Å². The molecule has 1 amide bonds. The molecule has 7 atom stereocenters. The number of amides is 1. The quantitative estimate of drug-likeness (QED) is 0.363. The van der Waals surface area contributed by atoms with Gasteiger partial charge in [0.05, 0.1) is 12.8 Å². The van der Waals surface area contributed by atoms with Gasteiger partial charge in [-0.2, -0.15) is 0 Å². The molecule has 0 aromatic heterocycles. The van der Waals surface area contributed by atoms with Gasteiger partial charge in [0, 0.05) is 12.0 Å². The van der Waals surface area contributed by atoms with Crippen LogP contribution in [0.5, 0.6) is 0 Å². The number of hydrogen-bond donors (Lipinski definition) is 1. The molecule has 0 radical (unpaired) electrons. The Morgan fingerprint density at radius 3 is 2.69 bits per heavy atom. The average Bonchev–Trinajstić information content (AvgIpc) is 3.47. The molecule has 1 aliphatic heterocycles. The topological polar surface area (TPSA) is 88.4 Å². The lowest BCUT2D eigenvalue weighted by Gasteiger charge is -2.58. The van der Waals surface area contributed by atoms with Crippen molar-refractivity contribution in [2.24, 2.45) is 33.7 Å². The first kappa shape index (κ1) is 25.3.